The molecule has 2 N–H and O–H groups in total. The Balaban J connectivity index is 1.56. The highest BCUT2D eigenvalue weighted by Crippen LogP contribution is 2.46. The van der Waals surface area contributed by atoms with Crippen LogP contribution in [0.3, 0.4) is 0 Å². The molecule has 1 aromatic carbocycles. The van der Waals surface area contributed by atoms with Crippen molar-refractivity contribution >= 4 is 0 Å². The first-order valence-corrected chi connectivity index (χ1v) is 9.25. The summed E-state index contributed by atoms with van der Waals surface area (Å²) in [6.07, 6.45) is 3.58. The summed E-state index contributed by atoms with van der Waals surface area (Å²) in [5.41, 5.74) is 1.64. The molecule has 0 aliphatic carbocycles. The normalized spacial score (nSPS) is 25.2. The zero-order chi connectivity index (χ0) is 17.2. The third kappa shape index (κ3) is 3.70. The molecule has 1 saturated heterocycles. The van der Waals surface area contributed by atoms with Gasteiger partial charge < -0.3 is 19.5 Å². The third-order valence-electron chi connectivity index (χ3n) is 5.78. The van der Waals surface area contributed by atoms with E-state index in [4.69, 9.17) is 14.2 Å². The molecule has 2 aliphatic rings. The first kappa shape index (κ1) is 17.6. The van der Waals surface area contributed by atoms with E-state index in [0.717, 1.165) is 37.6 Å². The highest BCUT2D eigenvalue weighted by molar-refractivity contribution is 5.47. The topological polar surface area (TPSA) is 44.3 Å². The molecular weight excluding hydrogens is 302 g/mol. The van der Waals surface area contributed by atoms with E-state index in [1.807, 2.05) is 12.1 Å². The Hall–Kier alpha value is -1.26. The van der Waals surface area contributed by atoms with Gasteiger partial charge >= 0.3 is 0 Å². The molecule has 0 bridgehead atoms. The largest absolute Gasteiger partial charge is 0.454 e. The molecule has 1 aromatic rings. The van der Waals surface area contributed by atoms with Crippen molar-refractivity contribution in [3.63, 3.8) is 0 Å². The van der Waals surface area contributed by atoms with E-state index in [0.29, 0.717) is 18.1 Å². The summed E-state index contributed by atoms with van der Waals surface area (Å²) in [6.45, 7) is 12.5. The molecule has 134 valence electrons. The van der Waals surface area contributed by atoms with Gasteiger partial charge in [-0.05, 0) is 50.2 Å². The number of ether oxygens (including phenoxy) is 3. The van der Waals surface area contributed by atoms with Gasteiger partial charge in [-0.2, -0.15) is 0 Å². The van der Waals surface area contributed by atoms with E-state index in [1.165, 1.54) is 18.4 Å². The van der Waals surface area contributed by atoms with Gasteiger partial charge in [-0.1, -0.05) is 19.9 Å². The molecule has 4 nitrogen and oxygen atoms in total. The van der Waals surface area contributed by atoms with E-state index < -0.39 is 0 Å². The second-order valence-electron chi connectivity index (χ2n) is 8.23. The SMILES string of the molecule is CC(C)[C@@]1(CC[NH2+]Cc2cccc3c2OCO3)CCOC(C)(C)C1. The zero-order valence-electron chi connectivity index (χ0n) is 15.6. The smallest absolute Gasteiger partial charge is 0.231 e. The van der Waals surface area contributed by atoms with Gasteiger partial charge in [0.2, 0.25) is 6.79 Å². The molecule has 2 heterocycles. The lowest BCUT2D eigenvalue weighted by molar-refractivity contribution is -0.672. The van der Waals surface area contributed by atoms with E-state index in [-0.39, 0.29) is 5.60 Å². The van der Waals surface area contributed by atoms with Crippen molar-refractivity contribution in [1.82, 2.24) is 0 Å². The molecule has 4 heteroatoms. The summed E-state index contributed by atoms with van der Waals surface area (Å²) in [6, 6.07) is 6.16. The average Bonchev–Trinajstić information content (AvgIpc) is 2.99. The molecule has 0 aromatic heterocycles. The van der Waals surface area contributed by atoms with Gasteiger partial charge in [-0.3, -0.25) is 0 Å². The third-order valence-corrected chi connectivity index (χ3v) is 5.78. The van der Waals surface area contributed by atoms with Crippen LogP contribution in [0.4, 0.5) is 0 Å². The Labute approximate surface area is 145 Å². The van der Waals surface area contributed by atoms with Gasteiger partial charge in [-0.15, -0.1) is 0 Å². The summed E-state index contributed by atoms with van der Waals surface area (Å²) < 4.78 is 17.0. The van der Waals surface area contributed by atoms with E-state index in [1.54, 1.807) is 0 Å². The molecule has 0 amide bonds. The first-order chi connectivity index (χ1) is 11.4. The maximum Gasteiger partial charge on any atom is 0.231 e. The van der Waals surface area contributed by atoms with Gasteiger partial charge in [0.1, 0.15) is 6.54 Å². The minimum absolute atomic E-state index is 0.00789. The number of hydrogen-bond donors (Lipinski definition) is 1. The Kier molecular flexibility index (Phi) is 5.07. The molecule has 1 fully saturated rings. The Morgan fingerprint density at radius 2 is 2.04 bits per heavy atom. The fourth-order valence-electron chi connectivity index (χ4n) is 4.31. The van der Waals surface area contributed by atoms with E-state index >= 15 is 0 Å². The van der Waals surface area contributed by atoms with Crippen LogP contribution in [0, 0.1) is 11.3 Å². The number of nitrogens with two attached hydrogens (primary N) is 1. The number of rotatable bonds is 6. The van der Waals surface area contributed by atoms with Crippen molar-refractivity contribution < 1.29 is 19.5 Å². The molecule has 0 spiro atoms. The van der Waals surface area contributed by atoms with Crippen molar-refractivity contribution in [2.75, 3.05) is 19.9 Å². The van der Waals surface area contributed by atoms with Gasteiger partial charge in [0.15, 0.2) is 11.5 Å². The van der Waals surface area contributed by atoms with Crippen molar-refractivity contribution in [1.29, 1.82) is 0 Å². The minimum atomic E-state index is 0.00789. The summed E-state index contributed by atoms with van der Waals surface area (Å²) in [5, 5.41) is 2.41. The Morgan fingerprint density at radius 3 is 2.79 bits per heavy atom. The summed E-state index contributed by atoms with van der Waals surface area (Å²) in [7, 11) is 0. The monoisotopic (exact) mass is 334 g/mol. The maximum absolute atomic E-state index is 5.96. The Bertz CT molecular complexity index is 570. The van der Waals surface area contributed by atoms with Crippen LogP contribution < -0.4 is 14.8 Å². The summed E-state index contributed by atoms with van der Waals surface area (Å²) in [5.74, 6) is 2.50. The van der Waals surface area contributed by atoms with E-state index in [2.05, 4.69) is 39.1 Å². The lowest BCUT2D eigenvalue weighted by Gasteiger charge is -2.47. The minimum Gasteiger partial charge on any atom is -0.454 e. The number of para-hydroxylation sites is 1. The molecular formula is C20H32NO3+. The Morgan fingerprint density at radius 1 is 1.21 bits per heavy atom. The quantitative estimate of drug-likeness (QED) is 0.813. The lowest BCUT2D eigenvalue weighted by Crippen LogP contribution is -2.83. The van der Waals surface area contributed by atoms with Crippen molar-refractivity contribution in [3.05, 3.63) is 23.8 Å². The first-order valence-electron chi connectivity index (χ1n) is 9.25. The maximum atomic E-state index is 5.96. The number of benzene rings is 1. The molecule has 2 aliphatic heterocycles. The summed E-state index contributed by atoms with van der Waals surface area (Å²) in [4.78, 5) is 0. The highest BCUT2D eigenvalue weighted by Gasteiger charge is 2.42. The second kappa shape index (κ2) is 6.93. The molecule has 0 unspecified atom stereocenters. The van der Waals surface area contributed by atoms with Gasteiger partial charge in [0.25, 0.3) is 0 Å². The zero-order valence-corrected chi connectivity index (χ0v) is 15.6. The lowest BCUT2D eigenvalue weighted by atomic mass is 9.65. The molecule has 1 atom stereocenters. The number of quaternary nitrogens is 1. The molecule has 0 radical (unpaired) electrons. The van der Waals surface area contributed by atoms with Crippen LogP contribution in [0.25, 0.3) is 0 Å². The average molecular weight is 334 g/mol. The number of hydrogen-bond acceptors (Lipinski definition) is 3. The fourth-order valence-corrected chi connectivity index (χ4v) is 4.31. The van der Waals surface area contributed by atoms with Crippen LogP contribution in [0.2, 0.25) is 0 Å². The van der Waals surface area contributed by atoms with Crippen LogP contribution in [-0.4, -0.2) is 25.5 Å². The van der Waals surface area contributed by atoms with Gasteiger partial charge in [0, 0.05) is 13.0 Å². The number of fused-ring (bicyclic) bond motifs is 1. The summed E-state index contributed by atoms with van der Waals surface area (Å²) >= 11 is 0. The molecule has 0 saturated carbocycles. The van der Waals surface area contributed by atoms with Crippen LogP contribution >= 0.6 is 0 Å². The standard InChI is InChI=1S/C20H31NO3/c1-15(2)20(9-11-24-19(3,4)13-20)8-10-21-12-16-6-5-7-17-18(16)23-14-22-17/h5-7,15,21H,8-14H2,1-4H3/p+1/t20-/m0/s1. The van der Waals surface area contributed by atoms with Crippen LogP contribution in [0.5, 0.6) is 11.5 Å². The molecule has 24 heavy (non-hydrogen) atoms. The van der Waals surface area contributed by atoms with Crippen molar-refractivity contribution in [2.45, 2.75) is 59.1 Å². The van der Waals surface area contributed by atoms with Crippen LogP contribution in [0.15, 0.2) is 18.2 Å². The van der Waals surface area contributed by atoms with Crippen LogP contribution in [-0.2, 0) is 11.3 Å². The highest BCUT2D eigenvalue weighted by atomic mass is 16.7. The van der Waals surface area contributed by atoms with Crippen molar-refractivity contribution in [2.24, 2.45) is 11.3 Å². The predicted molar refractivity (Wildman–Crippen MR) is 94.2 cm³/mol. The predicted octanol–water partition coefficient (Wildman–Crippen LogP) is 3.10. The van der Waals surface area contributed by atoms with Crippen LogP contribution in [0.1, 0.15) is 52.5 Å². The van der Waals surface area contributed by atoms with Crippen molar-refractivity contribution in [3.8, 4) is 11.5 Å². The second-order valence-corrected chi connectivity index (χ2v) is 8.23. The van der Waals surface area contributed by atoms with Gasteiger partial charge in [-0.25, -0.2) is 0 Å². The van der Waals surface area contributed by atoms with Gasteiger partial charge in [0.05, 0.1) is 17.7 Å². The fraction of sp³-hybridized carbons (Fsp3) is 0.700. The van der Waals surface area contributed by atoms with E-state index in [9.17, 15) is 0 Å². The molecule has 3 rings (SSSR count).